The fourth-order valence-electron chi connectivity index (χ4n) is 1.10. The van der Waals surface area contributed by atoms with Crippen molar-refractivity contribution < 1.29 is 0 Å². The third-order valence-corrected chi connectivity index (χ3v) is 3.73. The molecular formula is C10H13IS. The van der Waals surface area contributed by atoms with Crippen molar-refractivity contribution in [2.24, 2.45) is 0 Å². The van der Waals surface area contributed by atoms with Gasteiger partial charge in [0, 0.05) is 3.57 Å². The van der Waals surface area contributed by atoms with Gasteiger partial charge in [-0.25, -0.2) is 0 Å². The van der Waals surface area contributed by atoms with Gasteiger partial charge in [0.2, 0.25) is 0 Å². The predicted molar refractivity (Wildman–Crippen MR) is 66.0 cm³/mol. The van der Waals surface area contributed by atoms with E-state index in [1.54, 1.807) is 0 Å². The summed E-state index contributed by atoms with van der Waals surface area (Å²) in [7, 11) is 0. The van der Waals surface area contributed by atoms with Crippen molar-refractivity contribution in [1.29, 1.82) is 0 Å². The van der Waals surface area contributed by atoms with Crippen LogP contribution in [0.4, 0.5) is 0 Å². The number of thiol groups is 1. The molecule has 0 heterocycles. The van der Waals surface area contributed by atoms with Crippen LogP contribution in [0.3, 0.4) is 0 Å². The van der Waals surface area contributed by atoms with Crippen LogP contribution >= 0.6 is 35.2 Å². The Kier molecular flexibility index (Phi) is 3.47. The Labute approximate surface area is 93.3 Å². The first-order valence-electron chi connectivity index (χ1n) is 3.94. The van der Waals surface area contributed by atoms with E-state index in [1.807, 2.05) is 0 Å². The number of hydrogen-bond acceptors (Lipinski definition) is 1. The van der Waals surface area contributed by atoms with Crippen LogP contribution in [0.1, 0.15) is 19.4 Å². The van der Waals surface area contributed by atoms with Gasteiger partial charge in [0.1, 0.15) is 0 Å². The Hall–Kier alpha value is 0.300. The van der Waals surface area contributed by atoms with Gasteiger partial charge in [-0.15, -0.1) is 0 Å². The Morgan fingerprint density at radius 2 is 1.92 bits per heavy atom. The van der Waals surface area contributed by atoms with Crippen molar-refractivity contribution >= 4 is 35.2 Å². The van der Waals surface area contributed by atoms with Gasteiger partial charge < -0.3 is 0 Å². The molecule has 0 aliphatic carbocycles. The minimum absolute atomic E-state index is 0.181. The van der Waals surface area contributed by atoms with E-state index in [0.717, 1.165) is 5.75 Å². The largest absolute Gasteiger partial charge is 0.178 e. The summed E-state index contributed by atoms with van der Waals surface area (Å²) in [6, 6.07) is 8.47. The van der Waals surface area contributed by atoms with Gasteiger partial charge >= 0.3 is 0 Å². The van der Waals surface area contributed by atoms with Gasteiger partial charge in [0.25, 0.3) is 0 Å². The molecule has 1 rings (SSSR count). The number of rotatable bonds is 2. The van der Waals surface area contributed by atoms with Crippen LogP contribution in [-0.4, -0.2) is 5.75 Å². The van der Waals surface area contributed by atoms with Crippen LogP contribution < -0.4 is 0 Å². The third kappa shape index (κ3) is 2.16. The lowest BCUT2D eigenvalue weighted by atomic mass is 9.87. The molecule has 12 heavy (non-hydrogen) atoms. The zero-order chi connectivity index (χ0) is 9.19. The molecule has 0 fully saturated rings. The maximum atomic E-state index is 4.36. The summed E-state index contributed by atoms with van der Waals surface area (Å²) in [6.07, 6.45) is 0. The van der Waals surface area contributed by atoms with Crippen molar-refractivity contribution in [2.75, 3.05) is 5.75 Å². The minimum atomic E-state index is 0.181. The molecule has 1 aromatic carbocycles. The fourth-order valence-corrected chi connectivity index (χ4v) is 2.38. The van der Waals surface area contributed by atoms with Gasteiger partial charge in [-0.1, -0.05) is 32.0 Å². The molecule has 0 N–H and O–H groups in total. The zero-order valence-electron chi connectivity index (χ0n) is 7.34. The lowest BCUT2D eigenvalue weighted by molar-refractivity contribution is 0.600. The highest BCUT2D eigenvalue weighted by atomic mass is 127. The van der Waals surface area contributed by atoms with Crippen LogP contribution in [0, 0.1) is 3.57 Å². The highest BCUT2D eigenvalue weighted by Crippen LogP contribution is 2.28. The van der Waals surface area contributed by atoms with Crippen molar-refractivity contribution in [3.63, 3.8) is 0 Å². The maximum Gasteiger partial charge on any atom is 0.0168 e. The molecular weight excluding hydrogens is 279 g/mol. The lowest BCUT2D eigenvalue weighted by Crippen LogP contribution is -2.20. The molecule has 0 bridgehead atoms. The molecule has 0 aliphatic heterocycles. The standard InChI is InChI=1S/C10H13IS/c1-10(2,7-12)8-5-3-4-6-9(8)11/h3-6,12H,7H2,1-2H3. The van der Waals surface area contributed by atoms with Gasteiger partial charge in [-0.2, -0.15) is 12.6 Å². The van der Waals surface area contributed by atoms with E-state index in [0.29, 0.717) is 0 Å². The van der Waals surface area contributed by atoms with Crippen LogP contribution in [0.5, 0.6) is 0 Å². The van der Waals surface area contributed by atoms with E-state index in [1.165, 1.54) is 9.13 Å². The van der Waals surface area contributed by atoms with Crippen molar-refractivity contribution in [3.05, 3.63) is 33.4 Å². The molecule has 0 spiro atoms. The average molecular weight is 292 g/mol. The Morgan fingerprint density at radius 3 is 2.42 bits per heavy atom. The summed E-state index contributed by atoms with van der Waals surface area (Å²) in [6.45, 7) is 4.44. The van der Waals surface area contributed by atoms with Crippen LogP contribution in [0.25, 0.3) is 0 Å². The van der Waals surface area contributed by atoms with E-state index in [4.69, 9.17) is 0 Å². The molecule has 0 saturated carbocycles. The summed E-state index contributed by atoms with van der Waals surface area (Å²) in [5.74, 6) is 0.882. The van der Waals surface area contributed by atoms with E-state index in [-0.39, 0.29) is 5.41 Å². The molecule has 0 saturated heterocycles. The average Bonchev–Trinajstić information content (AvgIpc) is 2.05. The maximum absolute atomic E-state index is 4.36. The van der Waals surface area contributed by atoms with Crippen molar-refractivity contribution in [2.45, 2.75) is 19.3 Å². The Bertz CT molecular complexity index is 268. The second-order valence-electron chi connectivity index (χ2n) is 3.52. The van der Waals surface area contributed by atoms with E-state index >= 15 is 0 Å². The number of halogens is 1. The van der Waals surface area contributed by atoms with Crippen LogP contribution in [-0.2, 0) is 5.41 Å². The zero-order valence-corrected chi connectivity index (χ0v) is 10.4. The smallest absolute Gasteiger partial charge is 0.0168 e. The Balaban J connectivity index is 3.10. The van der Waals surface area contributed by atoms with Crippen molar-refractivity contribution in [1.82, 2.24) is 0 Å². The molecule has 0 radical (unpaired) electrons. The molecule has 0 atom stereocenters. The third-order valence-electron chi connectivity index (χ3n) is 2.00. The van der Waals surface area contributed by atoms with Crippen molar-refractivity contribution in [3.8, 4) is 0 Å². The molecule has 66 valence electrons. The van der Waals surface area contributed by atoms with Crippen LogP contribution in [0.15, 0.2) is 24.3 Å². The monoisotopic (exact) mass is 292 g/mol. The summed E-state index contributed by atoms with van der Waals surface area (Å²) in [5.41, 5.74) is 1.57. The van der Waals surface area contributed by atoms with E-state index in [2.05, 4.69) is 73.3 Å². The summed E-state index contributed by atoms with van der Waals surface area (Å²) in [5, 5.41) is 0. The molecule has 2 heteroatoms. The molecule has 0 aromatic heterocycles. The first kappa shape index (κ1) is 10.4. The van der Waals surface area contributed by atoms with Gasteiger partial charge in [-0.3, -0.25) is 0 Å². The summed E-state index contributed by atoms with van der Waals surface area (Å²) in [4.78, 5) is 0. The van der Waals surface area contributed by atoms with Gasteiger partial charge in [0.15, 0.2) is 0 Å². The van der Waals surface area contributed by atoms with E-state index < -0.39 is 0 Å². The second-order valence-corrected chi connectivity index (χ2v) is 5.00. The molecule has 0 aliphatic rings. The van der Waals surface area contributed by atoms with Gasteiger partial charge in [0.05, 0.1) is 0 Å². The molecule has 0 nitrogen and oxygen atoms in total. The molecule has 0 amide bonds. The van der Waals surface area contributed by atoms with E-state index in [9.17, 15) is 0 Å². The number of benzene rings is 1. The minimum Gasteiger partial charge on any atom is -0.178 e. The fraction of sp³-hybridized carbons (Fsp3) is 0.400. The van der Waals surface area contributed by atoms with Crippen LogP contribution in [0.2, 0.25) is 0 Å². The quantitative estimate of drug-likeness (QED) is 0.626. The highest BCUT2D eigenvalue weighted by molar-refractivity contribution is 14.1. The summed E-state index contributed by atoms with van der Waals surface area (Å²) >= 11 is 6.73. The first-order chi connectivity index (χ1) is 5.58. The second kappa shape index (κ2) is 4.01. The van der Waals surface area contributed by atoms with Gasteiger partial charge in [-0.05, 0) is 45.4 Å². The number of hydrogen-bond donors (Lipinski definition) is 1. The normalized spacial score (nSPS) is 11.7. The topological polar surface area (TPSA) is 0 Å². The Morgan fingerprint density at radius 1 is 1.33 bits per heavy atom. The highest BCUT2D eigenvalue weighted by Gasteiger charge is 2.20. The molecule has 1 aromatic rings. The molecule has 0 unspecified atom stereocenters. The summed E-state index contributed by atoms with van der Waals surface area (Å²) < 4.78 is 1.33. The predicted octanol–water partition coefficient (Wildman–Crippen LogP) is 3.50. The lowest BCUT2D eigenvalue weighted by Gasteiger charge is -2.23. The SMILES string of the molecule is CC(C)(CS)c1ccccc1I. The first-order valence-corrected chi connectivity index (χ1v) is 5.65.